The second kappa shape index (κ2) is 11.0. The SMILES string of the molecule is CCNC(=NCc1ccnc(-n2cccn2)c1)N1CCCC(CC(N)=O)C1.I. The summed E-state index contributed by atoms with van der Waals surface area (Å²) in [7, 11) is 0. The molecule has 1 saturated heterocycles. The lowest BCUT2D eigenvalue weighted by Gasteiger charge is -2.34. The minimum atomic E-state index is -0.230. The zero-order valence-electron chi connectivity index (χ0n) is 16.1. The molecule has 8 nitrogen and oxygen atoms in total. The van der Waals surface area contributed by atoms with Gasteiger partial charge in [0.15, 0.2) is 11.8 Å². The molecule has 0 saturated carbocycles. The van der Waals surface area contributed by atoms with Crippen LogP contribution in [0, 0.1) is 5.92 Å². The maximum atomic E-state index is 11.3. The van der Waals surface area contributed by atoms with E-state index in [-0.39, 0.29) is 29.9 Å². The Kier molecular flexibility index (Phi) is 8.68. The molecule has 2 aromatic heterocycles. The molecule has 0 aromatic carbocycles. The van der Waals surface area contributed by atoms with Gasteiger partial charge in [-0.05, 0) is 49.4 Å². The second-order valence-electron chi connectivity index (χ2n) is 6.77. The quantitative estimate of drug-likeness (QED) is 0.361. The third-order valence-electron chi connectivity index (χ3n) is 4.60. The van der Waals surface area contributed by atoms with Gasteiger partial charge in [0.25, 0.3) is 0 Å². The molecule has 2 aromatic rings. The van der Waals surface area contributed by atoms with Gasteiger partial charge in [-0.1, -0.05) is 0 Å². The predicted molar refractivity (Wildman–Crippen MR) is 120 cm³/mol. The minimum Gasteiger partial charge on any atom is -0.370 e. The number of guanidine groups is 1. The Morgan fingerprint density at radius 3 is 3.00 bits per heavy atom. The maximum Gasteiger partial charge on any atom is 0.217 e. The van der Waals surface area contributed by atoms with E-state index in [1.54, 1.807) is 17.1 Å². The van der Waals surface area contributed by atoms with Crippen molar-refractivity contribution in [3.8, 4) is 5.82 Å². The van der Waals surface area contributed by atoms with Crippen LogP contribution in [0.2, 0.25) is 0 Å². The van der Waals surface area contributed by atoms with Gasteiger partial charge in [-0.25, -0.2) is 14.7 Å². The van der Waals surface area contributed by atoms with E-state index in [2.05, 4.69) is 27.2 Å². The molecule has 0 spiro atoms. The van der Waals surface area contributed by atoms with Crippen LogP contribution >= 0.6 is 24.0 Å². The summed E-state index contributed by atoms with van der Waals surface area (Å²) in [6, 6.07) is 5.83. The van der Waals surface area contributed by atoms with Gasteiger partial charge in [0.05, 0.1) is 6.54 Å². The topological polar surface area (TPSA) is 101 Å². The normalized spacial score (nSPS) is 17.1. The first-order valence-electron chi connectivity index (χ1n) is 9.42. The van der Waals surface area contributed by atoms with Crippen LogP contribution in [0.15, 0.2) is 41.8 Å². The number of amides is 1. The van der Waals surface area contributed by atoms with Gasteiger partial charge in [-0.2, -0.15) is 5.10 Å². The lowest BCUT2D eigenvalue weighted by Crippen LogP contribution is -2.47. The van der Waals surface area contributed by atoms with E-state index in [1.165, 1.54) is 0 Å². The first-order chi connectivity index (χ1) is 13.2. The summed E-state index contributed by atoms with van der Waals surface area (Å²) in [5.74, 6) is 1.72. The van der Waals surface area contributed by atoms with E-state index >= 15 is 0 Å². The monoisotopic (exact) mass is 497 g/mol. The number of piperidine rings is 1. The Hall–Kier alpha value is -2.17. The standard InChI is InChI=1S/C19H27N7O.HI/c1-2-21-19(25-9-3-5-16(14-25)11-17(20)27)23-13-15-6-8-22-18(12-15)26-10-4-7-24-26;/h4,6-8,10,12,16H,2-3,5,9,11,13-14H2,1H3,(H2,20,27)(H,21,23);1H. The van der Waals surface area contributed by atoms with Crippen LogP contribution in [0.5, 0.6) is 0 Å². The number of rotatable bonds is 6. The molecule has 28 heavy (non-hydrogen) atoms. The fraction of sp³-hybridized carbons (Fsp3) is 0.474. The fourth-order valence-electron chi connectivity index (χ4n) is 3.39. The number of pyridine rings is 1. The first-order valence-corrected chi connectivity index (χ1v) is 9.42. The molecule has 3 N–H and O–H groups in total. The number of carbonyl (C=O) groups is 1. The van der Waals surface area contributed by atoms with Crippen LogP contribution < -0.4 is 11.1 Å². The van der Waals surface area contributed by atoms with Crippen molar-refractivity contribution in [2.45, 2.75) is 32.7 Å². The molecule has 0 aliphatic carbocycles. The summed E-state index contributed by atoms with van der Waals surface area (Å²) in [6.07, 6.45) is 7.89. The van der Waals surface area contributed by atoms with Crippen LogP contribution in [0.1, 0.15) is 31.7 Å². The smallest absolute Gasteiger partial charge is 0.217 e. The van der Waals surface area contributed by atoms with Gasteiger partial charge >= 0.3 is 0 Å². The highest BCUT2D eigenvalue weighted by Gasteiger charge is 2.23. The summed E-state index contributed by atoms with van der Waals surface area (Å²) in [5, 5.41) is 7.58. The van der Waals surface area contributed by atoms with Crippen LogP contribution in [0.25, 0.3) is 5.82 Å². The lowest BCUT2D eigenvalue weighted by molar-refractivity contribution is -0.119. The van der Waals surface area contributed by atoms with Crippen molar-refractivity contribution in [3.05, 3.63) is 42.4 Å². The first kappa shape index (κ1) is 22.1. The maximum absolute atomic E-state index is 11.3. The van der Waals surface area contributed by atoms with Crippen molar-refractivity contribution >= 4 is 35.8 Å². The van der Waals surface area contributed by atoms with Crippen LogP contribution in [0.3, 0.4) is 0 Å². The van der Waals surface area contributed by atoms with Crippen molar-refractivity contribution in [3.63, 3.8) is 0 Å². The van der Waals surface area contributed by atoms with Crippen molar-refractivity contribution in [1.82, 2.24) is 25.0 Å². The molecule has 1 aliphatic rings. The molecular weight excluding hydrogens is 469 g/mol. The number of carbonyl (C=O) groups excluding carboxylic acids is 1. The average molecular weight is 497 g/mol. The Labute approximate surface area is 182 Å². The average Bonchev–Trinajstić information content (AvgIpc) is 3.20. The molecule has 1 amide bonds. The van der Waals surface area contributed by atoms with E-state index in [1.807, 2.05) is 24.4 Å². The van der Waals surface area contributed by atoms with Crippen LogP contribution in [-0.2, 0) is 11.3 Å². The van der Waals surface area contributed by atoms with Gasteiger partial charge < -0.3 is 16.0 Å². The van der Waals surface area contributed by atoms with Gasteiger partial charge in [-0.3, -0.25) is 4.79 Å². The number of primary amides is 1. The Morgan fingerprint density at radius 2 is 2.29 bits per heavy atom. The van der Waals surface area contributed by atoms with Crippen molar-refractivity contribution < 1.29 is 4.79 Å². The number of likely N-dealkylation sites (tertiary alicyclic amines) is 1. The summed E-state index contributed by atoms with van der Waals surface area (Å²) in [6.45, 7) is 5.16. The number of nitrogens with two attached hydrogens (primary N) is 1. The fourth-order valence-corrected chi connectivity index (χ4v) is 3.39. The van der Waals surface area contributed by atoms with Crippen molar-refractivity contribution in [2.24, 2.45) is 16.6 Å². The summed E-state index contributed by atoms with van der Waals surface area (Å²) < 4.78 is 1.73. The molecular formula is C19H28IN7O. The van der Waals surface area contributed by atoms with Gasteiger partial charge in [0.2, 0.25) is 5.91 Å². The number of aromatic nitrogens is 3. The summed E-state index contributed by atoms with van der Waals surface area (Å²) in [4.78, 5) is 22.6. The van der Waals surface area contributed by atoms with E-state index in [0.29, 0.717) is 18.9 Å². The Bertz CT molecular complexity index is 778. The van der Waals surface area contributed by atoms with Crippen molar-refractivity contribution in [2.75, 3.05) is 19.6 Å². The third kappa shape index (κ3) is 6.18. The van der Waals surface area contributed by atoms with E-state index in [0.717, 1.165) is 49.8 Å². The summed E-state index contributed by atoms with van der Waals surface area (Å²) >= 11 is 0. The molecule has 9 heteroatoms. The molecule has 3 rings (SSSR count). The molecule has 1 unspecified atom stereocenters. The van der Waals surface area contributed by atoms with E-state index in [9.17, 15) is 4.79 Å². The molecule has 0 bridgehead atoms. The molecule has 3 heterocycles. The number of aliphatic imine (C=N–C) groups is 1. The second-order valence-corrected chi connectivity index (χ2v) is 6.77. The molecule has 1 atom stereocenters. The minimum absolute atomic E-state index is 0. The van der Waals surface area contributed by atoms with Gasteiger partial charge in [0, 0.05) is 44.6 Å². The summed E-state index contributed by atoms with van der Waals surface area (Å²) in [5.41, 5.74) is 6.44. The molecule has 152 valence electrons. The van der Waals surface area contributed by atoms with Gasteiger partial charge in [-0.15, -0.1) is 24.0 Å². The highest BCUT2D eigenvalue weighted by molar-refractivity contribution is 14.0. The zero-order chi connectivity index (χ0) is 19.1. The van der Waals surface area contributed by atoms with Crippen molar-refractivity contribution in [1.29, 1.82) is 0 Å². The highest BCUT2D eigenvalue weighted by Crippen LogP contribution is 2.19. The number of halogens is 1. The van der Waals surface area contributed by atoms with Gasteiger partial charge in [0.1, 0.15) is 0 Å². The predicted octanol–water partition coefficient (Wildman–Crippen LogP) is 1.94. The van der Waals surface area contributed by atoms with E-state index in [4.69, 9.17) is 10.7 Å². The highest BCUT2D eigenvalue weighted by atomic mass is 127. The molecule has 1 aliphatic heterocycles. The van der Waals surface area contributed by atoms with Crippen LogP contribution in [0.4, 0.5) is 0 Å². The number of hydrogen-bond acceptors (Lipinski definition) is 4. The molecule has 1 fully saturated rings. The Balaban J connectivity index is 0.00000280. The lowest BCUT2D eigenvalue weighted by atomic mass is 9.95. The zero-order valence-corrected chi connectivity index (χ0v) is 18.5. The third-order valence-corrected chi connectivity index (χ3v) is 4.60. The van der Waals surface area contributed by atoms with E-state index < -0.39 is 0 Å². The number of hydrogen-bond donors (Lipinski definition) is 2. The number of nitrogens with one attached hydrogen (secondary N) is 1. The Morgan fingerprint density at radius 1 is 1.43 bits per heavy atom. The largest absolute Gasteiger partial charge is 0.370 e. The number of nitrogens with zero attached hydrogens (tertiary/aromatic N) is 5. The molecule has 0 radical (unpaired) electrons. The van der Waals surface area contributed by atoms with Crippen LogP contribution in [-0.4, -0.2) is 51.2 Å².